The Morgan fingerprint density at radius 3 is 3.14 bits per heavy atom. The van der Waals surface area contributed by atoms with E-state index in [-0.39, 0.29) is 6.10 Å². The average molecular weight is 190 g/mol. The fourth-order valence-corrected chi connectivity index (χ4v) is 1.46. The molecule has 0 fully saturated rings. The van der Waals surface area contributed by atoms with Crippen LogP contribution in [0.2, 0.25) is 0 Å². The highest BCUT2D eigenvalue weighted by atomic mass is 16.5. The molecular weight excluding hydrogens is 178 g/mol. The SMILES string of the molecule is CCC(OC)c1ccc2[nH][c]nc2n1. The van der Waals surface area contributed by atoms with Crippen LogP contribution < -0.4 is 0 Å². The number of nitrogens with zero attached hydrogens (tertiary/aromatic N) is 2. The quantitative estimate of drug-likeness (QED) is 0.803. The maximum absolute atomic E-state index is 5.30. The summed E-state index contributed by atoms with van der Waals surface area (Å²) in [4.78, 5) is 11.2. The van der Waals surface area contributed by atoms with Crippen LogP contribution in [0, 0.1) is 6.33 Å². The molecule has 1 radical (unpaired) electrons. The molecule has 1 atom stereocenters. The number of ether oxygens (including phenoxy) is 1. The van der Waals surface area contributed by atoms with E-state index >= 15 is 0 Å². The Balaban J connectivity index is 2.42. The molecule has 2 aromatic rings. The van der Waals surface area contributed by atoms with Gasteiger partial charge in [-0.3, -0.25) is 0 Å². The molecule has 73 valence electrons. The van der Waals surface area contributed by atoms with E-state index in [2.05, 4.69) is 28.2 Å². The van der Waals surface area contributed by atoms with Gasteiger partial charge in [0.2, 0.25) is 0 Å². The number of methoxy groups -OCH3 is 1. The predicted molar refractivity (Wildman–Crippen MR) is 52.8 cm³/mol. The highest BCUT2D eigenvalue weighted by Crippen LogP contribution is 2.19. The largest absolute Gasteiger partial charge is 0.375 e. The highest BCUT2D eigenvalue weighted by molar-refractivity contribution is 5.69. The summed E-state index contributed by atoms with van der Waals surface area (Å²) in [5.74, 6) is 0. The lowest BCUT2D eigenvalue weighted by molar-refractivity contribution is 0.0967. The zero-order chi connectivity index (χ0) is 9.97. The number of nitrogens with one attached hydrogen (secondary N) is 1. The van der Waals surface area contributed by atoms with Crippen molar-refractivity contribution in [2.75, 3.05) is 7.11 Å². The smallest absolute Gasteiger partial charge is 0.178 e. The Morgan fingerprint density at radius 2 is 2.43 bits per heavy atom. The second-order valence-corrected chi connectivity index (χ2v) is 3.09. The van der Waals surface area contributed by atoms with Crippen molar-refractivity contribution in [2.45, 2.75) is 19.4 Å². The Hall–Kier alpha value is -1.42. The van der Waals surface area contributed by atoms with Crippen LogP contribution in [0.3, 0.4) is 0 Å². The van der Waals surface area contributed by atoms with Crippen molar-refractivity contribution in [3.8, 4) is 0 Å². The summed E-state index contributed by atoms with van der Waals surface area (Å²) >= 11 is 0. The lowest BCUT2D eigenvalue weighted by atomic mass is 10.2. The van der Waals surface area contributed by atoms with Crippen LogP contribution in [0.15, 0.2) is 12.1 Å². The van der Waals surface area contributed by atoms with Crippen LogP contribution in [-0.4, -0.2) is 22.1 Å². The number of fused-ring (bicyclic) bond motifs is 1. The second-order valence-electron chi connectivity index (χ2n) is 3.09. The first-order valence-electron chi connectivity index (χ1n) is 4.60. The number of hydrogen-bond acceptors (Lipinski definition) is 3. The summed E-state index contributed by atoms with van der Waals surface area (Å²) in [6, 6.07) is 3.90. The Bertz CT molecular complexity index is 420. The van der Waals surface area contributed by atoms with Gasteiger partial charge in [-0.25, -0.2) is 9.97 Å². The van der Waals surface area contributed by atoms with Crippen LogP contribution in [0.1, 0.15) is 25.1 Å². The lowest BCUT2D eigenvalue weighted by Crippen LogP contribution is -2.02. The summed E-state index contributed by atoms with van der Waals surface area (Å²) in [7, 11) is 1.69. The maximum Gasteiger partial charge on any atom is 0.178 e. The zero-order valence-corrected chi connectivity index (χ0v) is 8.24. The first kappa shape index (κ1) is 9.15. The molecule has 4 nitrogen and oxygen atoms in total. The van der Waals surface area contributed by atoms with Gasteiger partial charge < -0.3 is 9.72 Å². The number of hydrogen-bond donors (Lipinski definition) is 1. The standard InChI is InChI=1S/C10H12N3O/c1-3-9(14-2)7-4-5-8-10(13-7)12-6-11-8/h4-5,9H,3H2,1-2H3,(H,11,12,13). The van der Waals surface area contributed by atoms with Gasteiger partial charge in [-0.05, 0) is 18.6 Å². The monoisotopic (exact) mass is 190 g/mol. The van der Waals surface area contributed by atoms with Gasteiger partial charge in [0.1, 0.15) is 0 Å². The second kappa shape index (κ2) is 3.75. The van der Waals surface area contributed by atoms with Crippen LogP contribution in [-0.2, 0) is 4.74 Å². The van der Waals surface area contributed by atoms with Crippen molar-refractivity contribution in [1.82, 2.24) is 15.0 Å². The summed E-state index contributed by atoms with van der Waals surface area (Å²) in [5, 5.41) is 0. The molecule has 0 aliphatic rings. The number of H-pyrrole nitrogens is 1. The van der Waals surface area contributed by atoms with Crippen molar-refractivity contribution in [3.05, 3.63) is 24.2 Å². The number of imidazole rings is 1. The van der Waals surface area contributed by atoms with E-state index in [4.69, 9.17) is 4.74 Å². The molecule has 2 rings (SSSR count). The van der Waals surface area contributed by atoms with Crippen LogP contribution in [0.5, 0.6) is 0 Å². The molecule has 4 heteroatoms. The fraction of sp³-hybridized carbons (Fsp3) is 0.400. The lowest BCUT2D eigenvalue weighted by Gasteiger charge is -2.11. The summed E-state index contributed by atoms with van der Waals surface area (Å²) in [6.45, 7) is 2.07. The third-order valence-corrected chi connectivity index (χ3v) is 2.23. The molecule has 0 aromatic carbocycles. The van der Waals surface area contributed by atoms with Crippen molar-refractivity contribution < 1.29 is 4.74 Å². The van der Waals surface area contributed by atoms with Crippen molar-refractivity contribution in [1.29, 1.82) is 0 Å². The topological polar surface area (TPSA) is 50.8 Å². The molecule has 1 N–H and O–H groups in total. The molecule has 0 saturated carbocycles. The minimum absolute atomic E-state index is 0.0519. The summed E-state index contributed by atoms with van der Waals surface area (Å²) < 4.78 is 5.30. The third kappa shape index (κ3) is 1.48. The van der Waals surface area contributed by atoms with Crippen LogP contribution >= 0.6 is 0 Å². The Kier molecular flexibility index (Phi) is 2.45. The van der Waals surface area contributed by atoms with Gasteiger partial charge >= 0.3 is 0 Å². The molecule has 0 bridgehead atoms. The minimum atomic E-state index is 0.0519. The van der Waals surface area contributed by atoms with Gasteiger partial charge in [-0.1, -0.05) is 6.92 Å². The molecule has 0 aliphatic carbocycles. The Labute approximate surface area is 82.3 Å². The van der Waals surface area contributed by atoms with E-state index in [9.17, 15) is 0 Å². The molecule has 0 aliphatic heterocycles. The molecule has 0 saturated heterocycles. The number of pyridine rings is 1. The van der Waals surface area contributed by atoms with Gasteiger partial charge in [-0.2, -0.15) is 0 Å². The Morgan fingerprint density at radius 1 is 1.57 bits per heavy atom. The number of aromatic amines is 1. The van der Waals surface area contributed by atoms with Crippen LogP contribution in [0.4, 0.5) is 0 Å². The van der Waals surface area contributed by atoms with E-state index in [0.29, 0.717) is 5.65 Å². The van der Waals surface area contributed by atoms with E-state index < -0.39 is 0 Å². The first-order chi connectivity index (χ1) is 6.85. The maximum atomic E-state index is 5.30. The van der Waals surface area contributed by atoms with E-state index in [1.807, 2.05) is 12.1 Å². The summed E-state index contributed by atoms with van der Waals surface area (Å²) in [6.07, 6.45) is 3.62. The number of aromatic nitrogens is 3. The molecule has 2 aromatic heterocycles. The van der Waals surface area contributed by atoms with Gasteiger partial charge in [0.15, 0.2) is 12.0 Å². The molecular formula is C10H12N3O. The molecule has 14 heavy (non-hydrogen) atoms. The fourth-order valence-electron chi connectivity index (χ4n) is 1.46. The van der Waals surface area contributed by atoms with Gasteiger partial charge in [0.25, 0.3) is 0 Å². The zero-order valence-electron chi connectivity index (χ0n) is 8.24. The average Bonchev–Trinajstić information content (AvgIpc) is 2.66. The molecule has 0 amide bonds. The van der Waals surface area contributed by atoms with Crippen molar-refractivity contribution in [3.63, 3.8) is 0 Å². The number of rotatable bonds is 3. The van der Waals surface area contributed by atoms with Gasteiger partial charge in [0.05, 0.1) is 17.3 Å². The highest BCUT2D eigenvalue weighted by Gasteiger charge is 2.10. The summed E-state index contributed by atoms with van der Waals surface area (Å²) in [5.41, 5.74) is 2.51. The molecule has 1 unspecified atom stereocenters. The van der Waals surface area contributed by atoms with E-state index in [1.165, 1.54) is 0 Å². The minimum Gasteiger partial charge on any atom is -0.375 e. The molecule has 2 heterocycles. The van der Waals surface area contributed by atoms with Crippen molar-refractivity contribution >= 4 is 11.2 Å². The van der Waals surface area contributed by atoms with Gasteiger partial charge in [0, 0.05) is 7.11 Å². The predicted octanol–water partition coefficient (Wildman–Crippen LogP) is 1.86. The van der Waals surface area contributed by atoms with E-state index in [1.54, 1.807) is 7.11 Å². The third-order valence-electron chi connectivity index (χ3n) is 2.23. The molecule has 0 spiro atoms. The van der Waals surface area contributed by atoms with E-state index in [0.717, 1.165) is 17.6 Å². The van der Waals surface area contributed by atoms with Gasteiger partial charge in [-0.15, -0.1) is 0 Å². The van der Waals surface area contributed by atoms with Crippen LogP contribution in [0.25, 0.3) is 11.2 Å². The normalized spacial score (nSPS) is 13.3. The first-order valence-corrected chi connectivity index (χ1v) is 4.60. The van der Waals surface area contributed by atoms with Crippen molar-refractivity contribution in [2.24, 2.45) is 0 Å².